The van der Waals surface area contributed by atoms with E-state index in [0.717, 1.165) is 25.1 Å². The van der Waals surface area contributed by atoms with E-state index in [0.29, 0.717) is 38.2 Å². The molecule has 3 rings (SSSR count). The zero-order valence-electron chi connectivity index (χ0n) is 19.4. The molecule has 1 aliphatic heterocycles. The second-order valence-corrected chi connectivity index (χ2v) is 9.03. The number of likely N-dealkylation sites (N-methyl/N-ethyl adjacent to an activating group) is 2. The number of amides is 1. The van der Waals surface area contributed by atoms with Crippen LogP contribution in [0.4, 0.5) is 5.82 Å². The lowest BCUT2D eigenvalue weighted by Crippen LogP contribution is -2.49. The number of anilines is 1. The van der Waals surface area contributed by atoms with Crippen LogP contribution in [0.15, 0.2) is 47.5 Å². The van der Waals surface area contributed by atoms with Crippen molar-refractivity contribution in [1.82, 2.24) is 19.4 Å². The van der Waals surface area contributed by atoms with Gasteiger partial charge in [0, 0.05) is 45.7 Å². The minimum Gasteiger partial charge on any atom is -0.388 e. The maximum absolute atomic E-state index is 12.6. The fourth-order valence-electron chi connectivity index (χ4n) is 3.91. The zero-order chi connectivity index (χ0) is 23.1. The summed E-state index contributed by atoms with van der Waals surface area (Å²) in [6.07, 6.45) is 3.59. The summed E-state index contributed by atoms with van der Waals surface area (Å²) in [6, 6.07) is 11.5. The van der Waals surface area contributed by atoms with E-state index in [1.54, 1.807) is 0 Å². The van der Waals surface area contributed by atoms with Gasteiger partial charge in [0.1, 0.15) is 5.82 Å². The Morgan fingerprint density at radius 3 is 2.44 bits per heavy atom. The summed E-state index contributed by atoms with van der Waals surface area (Å²) in [5.41, 5.74) is -0.0430. The number of carbonyl (C=O) groups is 1. The summed E-state index contributed by atoms with van der Waals surface area (Å²) in [7, 11) is 5.91. The number of hydrogen-bond acceptors (Lipinski definition) is 6. The van der Waals surface area contributed by atoms with Crippen LogP contribution in [-0.4, -0.2) is 83.3 Å². The lowest BCUT2D eigenvalue weighted by atomic mass is 9.91. The van der Waals surface area contributed by atoms with E-state index in [2.05, 4.69) is 9.88 Å². The molecule has 2 aromatic rings. The average Bonchev–Trinajstić information content (AvgIpc) is 2.78. The van der Waals surface area contributed by atoms with Gasteiger partial charge in [-0.25, -0.2) is 4.98 Å². The molecule has 0 saturated carbocycles. The van der Waals surface area contributed by atoms with Crippen LogP contribution in [0.1, 0.15) is 24.8 Å². The molecule has 0 aliphatic carbocycles. The standard InChI is InChI=1S/C24H35N5O3/c1-26(2)15-16-27(3)21-17-23(31)29(19-25-21)18-24(32)11-13-28(14-12-24)22(30)10-9-20-7-5-4-6-8-20/h4-8,17,19,32H,9-16,18H2,1-3H3. The fourth-order valence-corrected chi connectivity index (χ4v) is 3.91. The Balaban J connectivity index is 1.52. The monoisotopic (exact) mass is 441 g/mol. The SMILES string of the molecule is CN(C)CCN(C)c1cc(=O)n(CC2(O)CCN(C(=O)CCc3ccccc3)CC2)cn1. The number of nitrogens with zero attached hydrogens (tertiary/aromatic N) is 5. The van der Waals surface area contributed by atoms with Crippen LogP contribution < -0.4 is 10.5 Å². The van der Waals surface area contributed by atoms with Crippen LogP contribution in [-0.2, 0) is 17.8 Å². The van der Waals surface area contributed by atoms with E-state index in [1.165, 1.54) is 17.0 Å². The van der Waals surface area contributed by atoms with E-state index >= 15 is 0 Å². The van der Waals surface area contributed by atoms with Crippen LogP contribution in [0.2, 0.25) is 0 Å². The smallest absolute Gasteiger partial charge is 0.255 e. The minimum absolute atomic E-state index is 0.111. The number of piperidine rings is 1. The van der Waals surface area contributed by atoms with Gasteiger partial charge < -0.3 is 19.8 Å². The van der Waals surface area contributed by atoms with E-state index in [-0.39, 0.29) is 18.0 Å². The van der Waals surface area contributed by atoms with Gasteiger partial charge in [0.25, 0.3) is 5.56 Å². The molecule has 32 heavy (non-hydrogen) atoms. The molecule has 0 spiro atoms. The van der Waals surface area contributed by atoms with Crippen LogP contribution in [0.5, 0.6) is 0 Å². The van der Waals surface area contributed by atoms with E-state index < -0.39 is 5.60 Å². The van der Waals surface area contributed by atoms with E-state index in [9.17, 15) is 14.7 Å². The molecule has 1 aromatic heterocycles. The quantitative estimate of drug-likeness (QED) is 0.630. The van der Waals surface area contributed by atoms with Crippen LogP contribution in [0.3, 0.4) is 0 Å². The Morgan fingerprint density at radius 1 is 1.12 bits per heavy atom. The second-order valence-electron chi connectivity index (χ2n) is 9.03. The number of aryl methyl sites for hydroxylation is 1. The molecule has 1 fully saturated rings. The summed E-state index contributed by atoms with van der Waals surface area (Å²) in [4.78, 5) is 35.4. The molecule has 1 N–H and O–H groups in total. The van der Waals surface area contributed by atoms with Gasteiger partial charge in [-0.3, -0.25) is 14.2 Å². The predicted molar refractivity (Wildman–Crippen MR) is 126 cm³/mol. The third kappa shape index (κ3) is 6.64. The number of rotatable bonds is 9. The van der Waals surface area contributed by atoms with Crippen LogP contribution in [0.25, 0.3) is 0 Å². The number of aliphatic hydroxyl groups is 1. The normalized spacial score (nSPS) is 15.7. The number of hydrogen-bond donors (Lipinski definition) is 1. The van der Waals surface area contributed by atoms with Gasteiger partial charge in [0.05, 0.1) is 18.5 Å². The zero-order valence-corrected chi connectivity index (χ0v) is 19.4. The summed E-state index contributed by atoms with van der Waals surface area (Å²) in [6.45, 7) is 2.81. The van der Waals surface area contributed by atoms with Gasteiger partial charge in [-0.2, -0.15) is 0 Å². The maximum atomic E-state index is 12.6. The number of carbonyl (C=O) groups excluding carboxylic acids is 1. The van der Waals surface area contributed by atoms with Gasteiger partial charge >= 0.3 is 0 Å². The Labute approximate surface area is 190 Å². The Morgan fingerprint density at radius 2 is 1.81 bits per heavy atom. The van der Waals surface area contributed by atoms with Gasteiger partial charge in [-0.05, 0) is 38.9 Å². The molecular weight excluding hydrogens is 406 g/mol. The van der Waals surface area contributed by atoms with Gasteiger partial charge in [-0.1, -0.05) is 30.3 Å². The second kappa shape index (κ2) is 10.7. The lowest BCUT2D eigenvalue weighted by molar-refractivity contribution is -0.135. The van der Waals surface area contributed by atoms with Crippen molar-refractivity contribution in [3.05, 3.63) is 58.6 Å². The minimum atomic E-state index is -1.01. The van der Waals surface area contributed by atoms with Crippen LogP contribution >= 0.6 is 0 Å². The maximum Gasteiger partial charge on any atom is 0.255 e. The van der Waals surface area contributed by atoms with Gasteiger partial charge in [-0.15, -0.1) is 0 Å². The highest BCUT2D eigenvalue weighted by atomic mass is 16.3. The molecule has 2 heterocycles. The first-order valence-corrected chi connectivity index (χ1v) is 11.2. The first-order chi connectivity index (χ1) is 15.3. The third-order valence-electron chi connectivity index (χ3n) is 6.12. The first-order valence-electron chi connectivity index (χ1n) is 11.2. The molecule has 0 bridgehead atoms. The average molecular weight is 442 g/mol. The van der Waals surface area contributed by atoms with Gasteiger partial charge in [0.2, 0.25) is 5.91 Å². The molecule has 174 valence electrons. The number of aromatic nitrogens is 2. The summed E-state index contributed by atoms with van der Waals surface area (Å²) >= 11 is 0. The number of benzene rings is 1. The molecule has 1 aromatic carbocycles. The molecule has 0 unspecified atom stereocenters. The summed E-state index contributed by atoms with van der Waals surface area (Å²) < 4.78 is 1.47. The van der Waals surface area contributed by atoms with Crippen molar-refractivity contribution in [3.8, 4) is 0 Å². The molecule has 0 radical (unpaired) electrons. The molecule has 1 saturated heterocycles. The predicted octanol–water partition coefficient (Wildman–Crippen LogP) is 1.23. The lowest BCUT2D eigenvalue weighted by Gasteiger charge is -2.38. The third-order valence-corrected chi connectivity index (χ3v) is 6.12. The Hall–Kier alpha value is -2.71. The summed E-state index contributed by atoms with van der Waals surface area (Å²) in [5, 5.41) is 11.0. The topological polar surface area (TPSA) is 81.9 Å². The molecule has 0 atom stereocenters. The molecule has 1 aliphatic rings. The van der Waals surface area contributed by atoms with E-state index in [4.69, 9.17) is 0 Å². The van der Waals surface area contributed by atoms with Crippen molar-refractivity contribution in [2.45, 2.75) is 37.8 Å². The molecular formula is C24H35N5O3. The fraction of sp³-hybridized carbons (Fsp3) is 0.542. The van der Waals surface area contributed by atoms with Crippen molar-refractivity contribution in [3.63, 3.8) is 0 Å². The Kier molecular flexibility index (Phi) is 8.04. The Bertz CT molecular complexity index is 936. The molecule has 8 heteroatoms. The number of likely N-dealkylation sites (tertiary alicyclic amines) is 1. The largest absolute Gasteiger partial charge is 0.388 e. The van der Waals surface area contributed by atoms with Crippen molar-refractivity contribution in [2.75, 3.05) is 52.2 Å². The molecule has 1 amide bonds. The van der Waals surface area contributed by atoms with Crippen molar-refractivity contribution >= 4 is 11.7 Å². The van der Waals surface area contributed by atoms with Crippen molar-refractivity contribution in [2.24, 2.45) is 0 Å². The highest BCUT2D eigenvalue weighted by Gasteiger charge is 2.34. The van der Waals surface area contributed by atoms with E-state index in [1.807, 2.05) is 61.3 Å². The van der Waals surface area contributed by atoms with Gasteiger partial charge in [0.15, 0.2) is 0 Å². The first kappa shape index (κ1) is 23.9. The highest BCUT2D eigenvalue weighted by molar-refractivity contribution is 5.76. The van der Waals surface area contributed by atoms with Crippen molar-refractivity contribution in [1.29, 1.82) is 0 Å². The highest BCUT2D eigenvalue weighted by Crippen LogP contribution is 2.24. The molecule has 8 nitrogen and oxygen atoms in total. The summed E-state index contributed by atoms with van der Waals surface area (Å²) in [5.74, 6) is 0.735. The van der Waals surface area contributed by atoms with Crippen molar-refractivity contribution < 1.29 is 9.90 Å². The van der Waals surface area contributed by atoms with Crippen LogP contribution in [0, 0.1) is 0 Å².